The van der Waals surface area contributed by atoms with E-state index >= 15 is 0 Å². The molecule has 0 unspecified atom stereocenters. The standard InChI is InChI=1S/C18H23FN2O4/c19-13-3-1-12(2-4-13)11-25-14-7-9-21(10-8-14)17(22)15-5-6-16(20-15)18(23)24/h1-4,14-16,20H,5-11H2,(H,23,24)/t15-,16+/m1/s1. The molecule has 2 atom stereocenters. The lowest BCUT2D eigenvalue weighted by molar-refractivity contribution is -0.139. The van der Waals surface area contributed by atoms with Gasteiger partial charge in [-0.25, -0.2) is 4.39 Å². The van der Waals surface area contributed by atoms with E-state index in [-0.39, 0.29) is 17.8 Å². The molecular weight excluding hydrogens is 327 g/mol. The number of likely N-dealkylation sites (tertiary alicyclic amines) is 1. The summed E-state index contributed by atoms with van der Waals surface area (Å²) in [5.74, 6) is -1.18. The number of hydrogen-bond donors (Lipinski definition) is 2. The summed E-state index contributed by atoms with van der Waals surface area (Å²) in [5, 5.41) is 11.9. The van der Waals surface area contributed by atoms with Crippen LogP contribution in [0, 0.1) is 5.82 Å². The molecule has 0 aromatic heterocycles. The predicted octanol–water partition coefficient (Wildman–Crippen LogP) is 1.54. The van der Waals surface area contributed by atoms with Crippen molar-refractivity contribution in [1.82, 2.24) is 10.2 Å². The number of ether oxygens (including phenoxy) is 1. The molecule has 136 valence electrons. The first-order valence-electron chi connectivity index (χ1n) is 8.66. The number of nitrogens with zero attached hydrogens (tertiary/aromatic N) is 1. The quantitative estimate of drug-likeness (QED) is 0.842. The van der Waals surface area contributed by atoms with Crippen LogP contribution in [0.5, 0.6) is 0 Å². The molecule has 2 aliphatic rings. The zero-order valence-electron chi connectivity index (χ0n) is 14.0. The number of carbonyl (C=O) groups is 2. The highest BCUT2D eigenvalue weighted by Crippen LogP contribution is 2.20. The monoisotopic (exact) mass is 350 g/mol. The molecule has 1 amide bonds. The van der Waals surface area contributed by atoms with Crippen molar-refractivity contribution < 1.29 is 23.8 Å². The molecule has 7 heteroatoms. The number of aliphatic carboxylic acids is 1. The number of carboxylic acids is 1. The van der Waals surface area contributed by atoms with Gasteiger partial charge in [-0.2, -0.15) is 0 Å². The first-order valence-corrected chi connectivity index (χ1v) is 8.66. The van der Waals surface area contributed by atoms with Crippen LogP contribution in [0.4, 0.5) is 4.39 Å². The Bertz CT molecular complexity index is 614. The smallest absolute Gasteiger partial charge is 0.320 e. The van der Waals surface area contributed by atoms with Gasteiger partial charge in [-0.1, -0.05) is 12.1 Å². The summed E-state index contributed by atoms with van der Waals surface area (Å²) in [6, 6.07) is 5.23. The van der Waals surface area contributed by atoms with Gasteiger partial charge in [0, 0.05) is 13.1 Å². The molecule has 0 bridgehead atoms. The summed E-state index contributed by atoms with van der Waals surface area (Å²) in [4.78, 5) is 25.2. The van der Waals surface area contributed by atoms with Gasteiger partial charge in [0.15, 0.2) is 0 Å². The Morgan fingerprint density at radius 3 is 2.36 bits per heavy atom. The highest BCUT2D eigenvalue weighted by atomic mass is 19.1. The second kappa shape index (κ2) is 7.93. The lowest BCUT2D eigenvalue weighted by Gasteiger charge is -2.33. The number of carbonyl (C=O) groups excluding carboxylic acids is 1. The Morgan fingerprint density at radius 2 is 1.76 bits per heavy atom. The number of amides is 1. The van der Waals surface area contributed by atoms with Crippen molar-refractivity contribution in [3.63, 3.8) is 0 Å². The van der Waals surface area contributed by atoms with Crippen LogP contribution in [0.25, 0.3) is 0 Å². The molecule has 2 N–H and O–H groups in total. The Morgan fingerprint density at radius 1 is 1.12 bits per heavy atom. The second-order valence-electron chi connectivity index (χ2n) is 6.65. The second-order valence-corrected chi connectivity index (χ2v) is 6.65. The summed E-state index contributed by atoms with van der Waals surface area (Å²) < 4.78 is 18.7. The van der Waals surface area contributed by atoms with Crippen molar-refractivity contribution in [3.05, 3.63) is 35.6 Å². The summed E-state index contributed by atoms with van der Waals surface area (Å²) >= 11 is 0. The fraction of sp³-hybridized carbons (Fsp3) is 0.556. The highest BCUT2D eigenvalue weighted by molar-refractivity contribution is 5.84. The number of hydrogen-bond acceptors (Lipinski definition) is 4. The van der Waals surface area contributed by atoms with Gasteiger partial charge in [0.05, 0.1) is 18.8 Å². The first kappa shape index (κ1) is 17.8. The molecule has 0 saturated carbocycles. The predicted molar refractivity (Wildman–Crippen MR) is 88.4 cm³/mol. The lowest BCUT2D eigenvalue weighted by atomic mass is 10.1. The van der Waals surface area contributed by atoms with Crippen LogP contribution < -0.4 is 5.32 Å². The molecule has 2 saturated heterocycles. The number of benzene rings is 1. The van der Waals surface area contributed by atoms with Crippen molar-refractivity contribution in [2.75, 3.05) is 13.1 Å². The minimum Gasteiger partial charge on any atom is -0.480 e. The van der Waals surface area contributed by atoms with Crippen LogP contribution in [-0.4, -0.2) is 53.2 Å². The summed E-state index contributed by atoms with van der Waals surface area (Å²) in [6.45, 7) is 1.66. The number of halogens is 1. The van der Waals surface area contributed by atoms with Crippen LogP contribution in [0.15, 0.2) is 24.3 Å². The Kier molecular flexibility index (Phi) is 5.65. The molecule has 1 aromatic carbocycles. The van der Waals surface area contributed by atoms with Gasteiger partial charge in [0.25, 0.3) is 0 Å². The molecule has 6 nitrogen and oxygen atoms in total. The number of carboxylic acid groups (broad SMARTS) is 1. The average molecular weight is 350 g/mol. The van der Waals surface area contributed by atoms with Gasteiger partial charge in [-0.05, 0) is 43.4 Å². The van der Waals surface area contributed by atoms with Crippen LogP contribution in [0.1, 0.15) is 31.2 Å². The van der Waals surface area contributed by atoms with E-state index < -0.39 is 18.1 Å². The normalized spacial score (nSPS) is 24.4. The maximum Gasteiger partial charge on any atom is 0.320 e. The third kappa shape index (κ3) is 4.55. The molecule has 0 radical (unpaired) electrons. The van der Waals surface area contributed by atoms with E-state index in [0.717, 1.165) is 18.4 Å². The molecule has 25 heavy (non-hydrogen) atoms. The molecule has 2 fully saturated rings. The maximum absolute atomic E-state index is 12.9. The molecule has 0 aliphatic carbocycles. The zero-order chi connectivity index (χ0) is 17.8. The Labute approximate surface area is 146 Å². The molecule has 1 aromatic rings. The van der Waals surface area contributed by atoms with Crippen molar-refractivity contribution >= 4 is 11.9 Å². The summed E-state index contributed by atoms with van der Waals surface area (Å²) in [5.41, 5.74) is 0.926. The van der Waals surface area contributed by atoms with Gasteiger partial charge in [-0.3, -0.25) is 14.9 Å². The lowest BCUT2D eigenvalue weighted by Crippen LogP contribution is -2.49. The molecule has 2 aliphatic heterocycles. The van der Waals surface area contributed by atoms with Gasteiger partial charge in [0.1, 0.15) is 11.9 Å². The van der Waals surface area contributed by atoms with Crippen molar-refractivity contribution in [3.8, 4) is 0 Å². The highest BCUT2D eigenvalue weighted by Gasteiger charge is 2.36. The number of rotatable bonds is 5. The first-order chi connectivity index (χ1) is 12.0. The average Bonchev–Trinajstić information content (AvgIpc) is 3.11. The van der Waals surface area contributed by atoms with Crippen LogP contribution in [0.3, 0.4) is 0 Å². The minimum absolute atomic E-state index is 0.0132. The van der Waals surface area contributed by atoms with Gasteiger partial charge in [-0.15, -0.1) is 0 Å². The molecule has 3 rings (SSSR count). The van der Waals surface area contributed by atoms with E-state index in [0.29, 0.717) is 32.5 Å². The third-order valence-corrected chi connectivity index (χ3v) is 4.90. The van der Waals surface area contributed by atoms with Gasteiger partial charge >= 0.3 is 5.97 Å². The Balaban J connectivity index is 1.41. The molecule has 2 heterocycles. The van der Waals surface area contributed by atoms with Crippen LogP contribution in [0.2, 0.25) is 0 Å². The van der Waals surface area contributed by atoms with E-state index in [2.05, 4.69) is 5.32 Å². The topological polar surface area (TPSA) is 78.9 Å². The third-order valence-electron chi connectivity index (χ3n) is 4.90. The van der Waals surface area contributed by atoms with E-state index in [1.165, 1.54) is 12.1 Å². The van der Waals surface area contributed by atoms with Gasteiger partial charge in [0.2, 0.25) is 5.91 Å². The fourth-order valence-electron chi connectivity index (χ4n) is 3.39. The van der Waals surface area contributed by atoms with Crippen LogP contribution in [-0.2, 0) is 20.9 Å². The SMILES string of the molecule is O=C(O)[C@@H]1CC[C@H](C(=O)N2CCC(OCc3ccc(F)cc3)CC2)N1. The van der Waals surface area contributed by atoms with E-state index in [9.17, 15) is 14.0 Å². The van der Waals surface area contributed by atoms with Crippen molar-refractivity contribution in [2.24, 2.45) is 0 Å². The number of nitrogens with one attached hydrogen (secondary N) is 1. The van der Waals surface area contributed by atoms with E-state index in [1.54, 1.807) is 17.0 Å². The minimum atomic E-state index is -0.900. The van der Waals surface area contributed by atoms with Crippen molar-refractivity contribution in [2.45, 2.75) is 50.5 Å². The largest absolute Gasteiger partial charge is 0.480 e. The zero-order valence-corrected chi connectivity index (χ0v) is 14.0. The summed E-state index contributed by atoms with van der Waals surface area (Å²) in [6.07, 6.45) is 2.64. The molecule has 0 spiro atoms. The Hall–Kier alpha value is -1.99. The molecular formula is C18H23FN2O4. The summed E-state index contributed by atoms with van der Waals surface area (Å²) in [7, 11) is 0. The van der Waals surface area contributed by atoms with E-state index in [4.69, 9.17) is 9.84 Å². The van der Waals surface area contributed by atoms with E-state index in [1.807, 2.05) is 0 Å². The van der Waals surface area contributed by atoms with Crippen LogP contribution >= 0.6 is 0 Å². The maximum atomic E-state index is 12.9. The number of piperidine rings is 1. The fourth-order valence-corrected chi connectivity index (χ4v) is 3.39. The van der Waals surface area contributed by atoms with Crippen molar-refractivity contribution in [1.29, 1.82) is 0 Å². The van der Waals surface area contributed by atoms with Gasteiger partial charge < -0.3 is 14.7 Å².